The van der Waals surface area contributed by atoms with Gasteiger partial charge in [0, 0.05) is 5.56 Å². The summed E-state index contributed by atoms with van der Waals surface area (Å²) in [5.74, 6) is 0.867. The van der Waals surface area contributed by atoms with Crippen molar-refractivity contribution >= 4 is 5.78 Å². The van der Waals surface area contributed by atoms with Crippen LogP contribution in [0.25, 0.3) is 0 Å². The highest BCUT2D eigenvalue weighted by molar-refractivity contribution is 5.94. The molecule has 2 atom stereocenters. The van der Waals surface area contributed by atoms with Gasteiger partial charge >= 0.3 is 0 Å². The molecule has 0 radical (unpaired) electrons. The fourth-order valence-corrected chi connectivity index (χ4v) is 2.91. The summed E-state index contributed by atoms with van der Waals surface area (Å²) in [6.07, 6.45) is 7.87. The van der Waals surface area contributed by atoms with E-state index in [0.29, 0.717) is 0 Å². The van der Waals surface area contributed by atoms with Crippen LogP contribution in [-0.2, 0) is 4.74 Å². The molecule has 0 amide bonds. The van der Waals surface area contributed by atoms with Gasteiger partial charge in [-0.25, -0.2) is 0 Å². The number of hydrogen-bond acceptors (Lipinski definition) is 2. The normalized spacial score (nSPS) is 22.7. The van der Waals surface area contributed by atoms with Gasteiger partial charge < -0.3 is 4.74 Å². The minimum atomic E-state index is 0.122. The summed E-state index contributed by atoms with van der Waals surface area (Å²) in [7, 11) is 0. The highest BCUT2D eigenvalue weighted by Crippen LogP contribution is 2.32. The Bertz CT molecular complexity index is 414. The van der Waals surface area contributed by atoms with E-state index in [4.69, 9.17) is 4.74 Å². The first-order valence-corrected chi connectivity index (χ1v) is 7.93. The number of unbranched alkanes of at least 4 members (excludes halogenated alkanes) is 2. The highest BCUT2D eigenvalue weighted by atomic mass is 16.5. The molecule has 0 aliphatic carbocycles. The summed E-state index contributed by atoms with van der Waals surface area (Å²) in [4.78, 5) is 11.3. The molecule has 1 fully saturated rings. The van der Waals surface area contributed by atoms with Gasteiger partial charge in [0.25, 0.3) is 0 Å². The van der Waals surface area contributed by atoms with Crippen LogP contribution >= 0.6 is 0 Å². The SMILES string of the molecule is CCCCCC1CCC(c2ccc(C(C)=O)cc2)OC1. The topological polar surface area (TPSA) is 26.3 Å². The zero-order valence-corrected chi connectivity index (χ0v) is 12.7. The Kier molecular flexibility index (Phi) is 5.78. The van der Waals surface area contributed by atoms with Crippen molar-refractivity contribution in [3.8, 4) is 0 Å². The van der Waals surface area contributed by atoms with E-state index in [2.05, 4.69) is 6.92 Å². The lowest BCUT2D eigenvalue weighted by molar-refractivity contribution is -0.0198. The van der Waals surface area contributed by atoms with Crippen molar-refractivity contribution in [2.24, 2.45) is 5.92 Å². The molecule has 1 heterocycles. The summed E-state index contributed by atoms with van der Waals surface area (Å²) in [6.45, 7) is 4.74. The van der Waals surface area contributed by atoms with Crippen LogP contribution in [-0.4, -0.2) is 12.4 Å². The second-order valence-electron chi connectivity index (χ2n) is 5.94. The Morgan fingerprint density at radius 3 is 2.50 bits per heavy atom. The van der Waals surface area contributed by atoms with Gasteiger partial charge in [-0.15, -0.1) is 0 Å². The number of carbonyl (C=O) groups excluding carboxylic acids is 1. The molecule has 2 rings (SSSR count). The number of ether oxygens (including phenoxy) is 1. The number of carbonyl (C=O) groups is 1. The van der Waals surface area contributed by atoms with Crippen LogP contribution in [0.1, 0.15) is 74.4 Å². The average molecular weight is 274 g/mol. The Morgan fingerprint density at radius 2 is 1.95 bits per heavy atom. The van der Waals surface area contributed by atoms with E-state index < -0.39 is 0 Å². The predicted octanol–water partition coefficient (Wildman–Crippen LogP) is 4.94. The van der Waals surface area contributed by atoms with Gasteiger partial charge in [0.15, 0.2) is 5.78 Å². The quantitative estimate of drug-likeness (QED) is 0.542. The Hall–Kier alpha value is -1.15. The van der Waals surface area contributed by atoms with E-state index in [0.717, 1.165) is 24.5 Å². The van der Waals surface area contributed by atoms with Crippen molar-refractivity contribution in [1.82, 2.24) is 0 Å². The van der Waals surface area contributed by atoms with E-state index >= 15 is 0 Å². The maximum absolute atomic E-state index is 11.3. The Morgan fingerprint density at radius 1 is 1.20 bits per heavy atom. The van der Waals surface area contributed by atoms with Crippen molar-refractivity contribution in [3.05, 3.63) is 35.4 Å². The minimum Gasteiger partial charge on any atom is -0.373 e. The van der Waals surface area contributed by atoms with Crippen LogP contribution in [0.4, 0.5) is 0 Å². The first kappa shape index (κ1) is 15.2. The molecular weight excluding hydrogens is 248 g/mol. The van der Waals surface area contributed by atoms with Crippen molar-refractivity contribution in [1.29, 1.82) is 0 Å². The number of hydrogen-bond donors (Lipinski definition) is 0. The van der Waals surface area contributed by atoms with Crippen LogP contribution in [0.15, 0.2) is 24.3 Å². The fraction of sp³-hybridized carbons (Fsp3) is 0.611. The molecule has 1 saturated heterocycles. The second kappa shape index (κ2) is 7.58. The molecule has 0 aromatic heterocycles. The minimum absolute atomic E-state index is 0.122. The van der Waals surface area contributed by atoms with Gasteiger partial charge in [0.2, 0.25) is 0 Å². The maximum Gasteiger partial charge on any atom is 0.159 e. The molecule has 0 spiro atoms. The first-order valence-electron chi connectivity index (χ1n) is 7.93. The van der Waals surface area contributed by atoms with Gasteiger partial charge in [-0.2, -0.15) is 0 Å². The highest BCUT2D eigenvalue weighted by Gasteiger charge is 2.22. The number of ketones is 1. The van der Waals surface area contributed by atoms with E-state index in [1.54, 1.807) is 6.92 Å². The van der Waals surface area contributed by atoms with Gasteiger partial charge in [-0.1, -0.05) is 50.5 Å². The Labute approximate surface area is 122 Å². The number of Topliss-reactive ketones (excluding diaryl/α,β-unsaturated/α-hetero) is 1. The first-order chi connectivity index (χ1) is 9.70. The zero-order chi connectivity index (χ0) is 14.4. The third-order valence-electron chi connectivity index (χ3n) is 4.28. The molecule has 110 valence electrons. The van der Waals surface area contributed by atoms with Crippen molar-refractivity contribution < 1.29 is 9.53 Å². The molecular formula is C18H26O2. The Balaban J connectivity index is 1.82. The van der Waals surface area contributed by atoms with Crippen LogP contribution in [0.2, 0.25) is 0 Å². The molecule has 0 bridgehead atoms. The molecule has 0 N–H and O–H groups in total. The summed E-state index contributed by atoms with van der Waals surface area (Å²) >= 11 is 0. The van der Waals surface area contributed by atoms with Gasteiger partial charge in [0.05, 0.1) is 12.7 Å². The smallest absolute Gasteiger partial charge is 0.159 e. The summed E-state index contributed by atoms with van der Waals surface area (Å²) < 4.78 is 6.02. The number of rotatable bonds is 6. The fourth-order valence-electron chi connectivity index (χ4n) is 2.91. The summed E-state index contributed by atoms with van der Waals surface area (Å²) in [5.41, 5.74) is 1.99. The van der Waals surface area contributed by atoms with Gasteiger partial charge in [0.1, 0.15) is 0 Å². The lowest BCUT2D eigenvalue weighted by Gasteiger charge is -2.29. The maximum atomic E-state index is 11.3. The van der Waals surface area contributed by atoms with Gasteiger partial charge in [-0.05, 0) is 37.7 Å². The third-order valence-corrected chi connectivity index (χ3v) is 4.28. The lowest BCUT2D eigenvalue weighted by atomic mass is 9.90. The summed E-state index contributed by atoms with van der Waals surface area (Å²) in [6, 6.07) is 7.90. The van der Waals surface area contributed by atoms with E-state index in [9.17, 15) is 4.79 Å². The van der Waals surface area contributed by atoms with E-state index in [1.165, 1.54) is 37.7 Å². The van der Waals surface area contributed by atoms with Crippen LogP contribution in [0.5, 0.6) is 0 Å². The van der Waals surface area contributed by atoms with Gasteiger partial charge in [-0.3, -0.25) is 4.79 Å². The monoisotopic (exact) mass is 274 g/mol. The van der Waals surface area contributed by atoms with Crippen LogP contribution < -0.4 is 0 Å². The number of benzene rings is 1. The molecule has 1 aliphatic heterocycles. The van der Waals surface area contributed by atoms with Crippen LogP contribution in [0.3, 0.4) is 0 Å². The third kappa shape index (κ3) is 4.17. The zero-order valence-electron chi connectivity index (χ0n) is 12.7. The van der Waals surface area contributed by atoms with Crippen molar-refractivity contribution in [2.75, 3.05) is 6.61 Å². The predicted molar refractivity (Wildman–Crippen MR) is 82.0 cm³/mol. The average Bonchev–Trinajstić information content (AvgIpc) is 2.48. The molecule has 1 aromatic carbocycles. The van der Waals surface area contributed by atoms with Crippen molar-refractivity contribution in [2.45, 2.75) is 58.5 Å². The standard InChI is InChI=1S/C18H26O2/c1-3-4-5-6-15-7-12-18(20-13-15)17-10-8-16(9-11-17)14(2)19/h8-11,15,18H,3-7,12-13H2,1-2H3. The molecule has 1 aliphatic rings. The second-order valence-corrected chi connectivity index (χ2v) is 5.94. The van der Waals surface area contributed by atoms with Crippen LogP contribution in [0, 0.1) is 5.92 Å². The molecule has 2 nitrogen and oxygen atoms in total. The summed E-state index contributed by atoms with van der Waals surface area (Å²) in [5, 5.41) is 0. The van der Waals surface area contributed by atoms with Crippen molar-refractivity contribution in [3.63, 3.8) is 0 Å². The molecule has 1 aromatic rings. The molecule has 2 unspecified atom stereocenters. The molecule has 20 heavy (non-hydrogen) atoms. The van der Waals surface area contributed by atoms with E-state index in [-0.39, 0.29) is 11.9 Å². The molecule has 0 saturated carbocycles. The van der Waals surface area contributed by atoms with E-state index in [1.807, 2.05) is 24.3 Å². The largest absolute Gasteiger partial charge is 0.373 e. The molecule has 2 heteroatoms. The lowest BCUT2D eigenvalue weighted by Crippen LogP contribution is -2.20.